The predicted molar refractivity (Wildman–Crippen MR) is 48.8 cm³/mol. The lowest BCUT2D eigenvalue weighted by Crippen LogP contribution is -2.50. The Morgan fingerprint density at radius 3 is 2.91 bits per heavy atom. The van der Waals surface area contributed by atoms with Crippen molar-refractivity contribution in [1.29, 1.82) is 0 Å². The van der Waals surface area contributed by atoms with Crippen LogP contribution in [0, 0.1) is 0 Å². The first kappa shape index (κ1) is 9.01. The van der Waals surface area contributed by atoms with E-state index in [-0.39, 0.29) is 0 Å². The number of likely N-dealkylation sites (N-methyl/N-ethyl adjacent to an activating group) is 1. The van der Waals surface area contributed by atoms with Gasteiger partial charge in [-0.05, 0) is 13.0 Å². The average molecular weight is 156 g/mol. The molecule has 2 heteroatoms. The highest BCUT2D eigenvalue weighted by Gasteiger charge is 2.18. The summed E-state index contributed by atoms with van der Waals surface area (Å²) in [5, 5.41) is 3.44. The van der Waals surface area contributed by atoms with Crippen molar-refractivity contribution >= 4 is 0 Å². The fraction of sp³-hybridized carbons (Fsp3) is 1.00. The Balaban J connectivity index is 2.31. The second-order valence-corrected chi connectivity index (χ2v) is 3.28. The van der Waals surface area contributed by atoms with Gasteiger partial charge in [-0.15, -0.1) is 0 Å². The molecule has 1 aliphatic rings. The maximum absolute atomic E-state index is 3.44. The molecule has 2 nitrogen and oxygen atoms in total. The van der Waals surface area contributed by atoms with Gasteiger partial charge in [-0.25, -0.2) is 0 Å². The molecule has 0 aromatic heterocycles. The van der Waals surface area contributed by atoms with Crippen molar-refractivity contribution in [1.82, 2.24) is 10.2 Å². The smallest absolute Gasteiger partial charge is 0.0220 e. The Kier molecular flexibility index (Phi) is 3.87. The summed E-state index contributed by atoms with van der Waals surface area (Å²) in [5.41, 5.74) is 0. The van der Waals surface area contributed by atoms with Crippen LogP contribution in [0.4, 0.5) is 0 Å². The van der Waals surface area contributed by atoms with Gasteiger partial charge in [0, 0.05) is 25.7 Å². The van der Waals surface area contributed by atoms with Crippen LogP contribution in [0.15, 0.2) is 0 Å². The Morgan fingerprint density at radius 2 is 2.27 bits per heavy atom. The highest BCUT2D eigenvalue weighted by Crippen LogP contribution is 2.08. The van der Waals surface area contributed by atoms with Gasteiger partial charge in [-0.3, -0.25) is 4.90 Å². The summed E-state index contributed by atoms with van der Waals surface area (Å²) in [6.07, 6.45) is 2.66. The minimum absolute atomic E-state index is 0.804. The van der Waals surface area contributed by atoms with Crippen molar-refractivity contribution in [2.75, 3.05) is 26.2 Å². The quantitative estimate of drug-likeness (QED) is 0.658. The van der Waals surface area contributed by atoms with Gasteiger partial charge in [0.1, 0.15) is 0 Å². The van der Waals surface area contributed by atoms with Gasteiger partial charge in [0.05, 0.1) is 0 Å². The first-order valence-electron chi connectivity index (χ1n) is 4.83. The third kappa shape index (κ3) is 2.46. The molecule has 0 aromatic rings. The average Bonchev–Trinajstić information content (AvgIpc) is 2.06. The Bertz CT molecular complexity index is 102. The first-order valence-corrected chi connectivity index (χ1v) is 4.83. The van der Waals surface area contributed by atoms with Gasteiger partial charge < -0.3 is 5.32 Å². The fourth-order valence-corrected chi connectivity index (χ4v) is 1.84. The van der Waals surface area contributed by atoms with Crippen LogP contribution in [0.2, 0.25) is 0 Å². The third-order valence-corrected chi connectivity index (χ3v) is 2.50. The van der Waals surface area contributed by atoms with Crippen LogP contribution in [0.25, 0.3) is 0 Å². The van der Waals surface area contributed by atoms with Gasteiger partial charge in [0.25, 0.3) is 0 Å². The van der Waals surface area contributed by atoms with E-state index in [2.05, 4.69) is 24.1 Å². The van der Waals surface area contributed by atoms with Crippen LogP contribution in [0.1, 0.15) is 26.7 Å². The van der Waals surface area contributed by atoms with Crippen LogP contribution < -0.4 is 5.32 Å². The van der Waals surface area contributed by atoms with Crippen LogP contribution in [0.3, 0.4) is 0 Å². The largest absolute Gasteiger partial charge is 0.314 e. The van der Waals surface area contributed by atoms with Crippen LogP contribution in [-0.2, 0) is 0 Å². The number of nitrogens with one attached hydrogen (secondary N) is 1. The summed E-state index contributed by atoms with van der Waals surface area (Å²) in [6, 6.07) is 0.804. The summed E-state index contributed by atoms with van der Waals surface area (Å²) in [4.78, 5) is 2.58. The molecule has 0 aliphatic carbocycles. The molecule has 1 saturated heterocycles. The number of rotatable bonds is 3. The van der Waals surface area contributed by atoms with Crippen LogP contribution in [0.5, 0.6) is 0 Å². The minimum Gasteiger partial charge on any atom is -0.314 e. The van der Waals surface area contributed by atoms with Gasteiger partial charge in [-0.2, -0.15) is 0 Å². The SMILES string of the molecule is CCCC1CNCCN1CC. The summed E-state index contributed by atoms with van der Waals surface area (Å²) in [6.45, 7) is 9.35. The molecule has 11 heavy (non-hydrogen) atoms. The molecule has 1 aliphatic heterocycles. The Morgan fingerprint density at radius 1 is 1.45 bits per heavy atom. The lowest BCUT2D eigenvalue weighted by Gasteiger charge is -2.35. The summed E-state index contributed by atoms with van der Waals surface area (Å²) in [5.74, 6) is 0. The lowest BCUT2D eigenvalue weighted by atomic mass is 10.1. The van der Waals surface area contributed by atoms with Crippen molar-refractivity contribution in [2.24, 2.45) is 0 Å². The normalized spacial score (nSPS) is 27.3. The predicted octanol–water partition coefficient (Wildman–Crippen LogP) is 1.08. The zero-order valence-electron chi connectivity index (χ0n) is 7.77. The van der Waals surface area contributed by atoms with E-state index in [1.165, 1.54) is 39.0 Å². The summed E-state index contributed by atoms with van der Waals surface area (Å²) >= 11 is 0. The number of hydrogen-bond acceptors (Lipinski definition) is 2. The second kappa shape index (κ2) is 4.73. The van der Waals surface area contributed by atoms with Gasteiger partial charge in [0.2, 0.25) is 0 Å². The van der Waals surface area contributed by atoms with E-state index < -0.39 is 0 Å². The molecule has 0 bridgehead atoms. The maximum atomic E-state index is 3.44. The molecule has 0 radical (unpaired) electrons. The summed E-state index contributed by atoms with van der Waals surface area (Å²) < 4.78 is 0. The van der Waals surface area contributed by atoms with Crippen molar-refractivity contribution in [3.8, 4) is 0 Å². The molecular formula is C9H20N2. The van der Waals surface area contributed by atoms with Gasteiger partial charge >= 0.3 is 0 Å². The zero-order chi connectivity index (χ0) is 8.10. The molecular weight excluding hydrogens is 136 g/mol. The molecule has 66 valence electrons. The van der Waals surface area contributed by atoms with Crippen molar-refractivity contribution in [2.45, 2.75) is 32.7 Å². The van der Waals surface area contributed by atoms with Gasteiger partial charge in [0.15, 0.2) is 0 Å². The molecule has 1 rings (SSSR count). The lowest BCUT2D eigenvalue weighted by molar-refractivity contribution is 0.160. The highest BCUT2D eigenvalue weighted by atomic mass is 15.2. The van der Waals surface area contributed by atoms with E-state index in [4.69, 9.17) is 0 Å². The first-order chi connectivity index (χ1) is 5.38. The highest BCUT2D eigenvalue weighted by molar-refractivity contribution is 4.78. The van der Waals surface area contributed by atoms with Gasteiger partial charge in [-0.1, -0.05) is 20.3 Å². The topological polar surface area (TPSA) is 15.3 Å². The minimum atomic E-state index is 0.804. The summed E-state index contributed by atoms with van der Waals surface area (Å²) in [7, 11) is 0. The van der Waals surface area contributed by atoms with Crippen molar-refractivity contribution in [3.63, 3.8) is 0 Å². The molecule has 1 fully saturated rings. The van der Waals surface area contributed by atoms with E-state index in [9.17, 15) is 0 Å². The third-order valence-electron chi connectivity index (χ3n) is 2.50. The monoisotopic (exact) mass is 156 g/mol. The molecule has 1 unspecified atom stereocenters. The van der Waals surface area contributed by atoms with Crippen LogP contribution in [-0.4, -0.2) is 37.1 Å². The number of nitrogens with zero attached hydrogens (tertiary/aromatic N) is 1. The van der Waals surface area contributed by atoms with E-state index in [0.29, 0.717) is 0 Å². The van der Waals surface area contributed by atoms with E-state index in [1.54, 1.807) is 0 Å². The molecule has 0 spiro atoms. The number of piperazine rings is 1. The van der Waals surface area contributed by atoms with E-state index >= 15 is 0 Å². The molecule has 1 heterocycles. The molecule has 0 amide bonds. The zero-order valence-corrected chi connectivity index (χ0v) is 7.77. The fourth-order valence-electron chi connectivity index (χ4n) is 1.84. The maximum Gasteiger partial charge on any atom is 0.0220 e. The van der Waals surface area contributed by atoms with Crippen molar-refractivity contribution in [3.05, 3.63) is 0 Å². The number of hydrogen-bond donors (Lipinski definition) is 1. The Hall–Kier alpha value is -0.0800. The Labute approximate surface area is 70.0 Å². The van der Waals surface area contributed by atoms with E-state index in [0.717, 1.165) is 6.04 Å². The standard InChI is InChI=1S/C9H20N2/c1-3-5-9-8-10-6-7-11(9)4-2/h9-10H,3-8H2,1-2H3. The van der Waals surface area contributed by atoms with Crippen molar-refractivity contribution < 1.29 is 0 Å². The van der Waals surface area contributed by atoms with E-state index in [1.807, 2.05) is 0 Å². The molecule has 1 atom stereocenters. The second-order valence-electron chi connectivity index (χ2n) is 3.28. The molecule has 0 saturated carbocycles. The van der Waals surface area contributed by atoms with Crippen LogP contribution >= 0.6 is 0 Å². The molecule has 1 N–H and O–H groups in total. The molecule has 0 aromatic carbocycles.